The molecule has 0 unspecified atom stereocenters. The van der Waals surface area contributed by atoms with E-state index < -0.39 is 0 Å². The van der Waals surface area contributed by atoms with Crippen molar-refractivity contribution < 1.29 is 19.5 Å². The van der Waals surface area contributed by atoms with Crippen molar-refractivity contribution in [3.63, 3.8) is 0 Å². The summed E-state index contributed by atoms with van der Waals surface area (Å²) in [6.07, 6.45) is 7.93. The van der Waals surface area contributed by atoms with E-state index in [0.717, 1.165) is 31.4 Å². The average molecular weight is 433 g/mol. The molecular weight excluding hydrogens is 400 g/mol. The zero-order valence-corrected chi connectivity index (χ0v) is 18.3. The van der Waals surface area contributed by atoms with Crippen LogP contribution in [0.25, 0.3) is 0 Å². The molecular formula is C21H32N6O4. The summed E-state index contributed by atoms with van der Waals surface area (Å²) < 4.78 is 1.78. The minimum Gasteiger partial charge on any atom is -0.483 e. The summed E-state index contributed by atoms with van der Waals surface area (Å²) in [6.45, 7) is 1.89. The number of likely N-dealkylation sites (tertiary alicyclic amines) is 1. The normalized spacial score (nSPS) is 18.9. The highest BCUT2D eigenvalue weighted by Crippen LogP contribution is 2.18. The van der Waals surface area contributed by atoms with Gasteiger partial charge >= 0.3 is 0 Å². The van der Waals surface area contributed by atoms with Gasteiger partial charge in [0, 0.05) is 52.2 Å². The Hall–Kier alpha value is -3.14. The Kier molecular flexibility index (Phi) is 9.26. The van der Waals surface area contributed by atoms with Gasteiger partial charge in [-0.15, -0.1) is 0 Å². The molecule has 1 aliphatic rings. The number of rotatable bonds is 6. The highest BCUT2D eigenvalue weighted by Gasteiger charge is 2.29. The predicted molar refractivity (Wildman–Crippen MR) is 116 cm³/mol. The fraction of sp³-hybridized carbons (Fsp3) is 0.524. The van der Waals surface area contributed by atoms with Crippen molar-refractivity contribution in [2.24, 2.45) is 13.0 Å². The number of hydrogen-bond donors (Lipinski definition) is 3. The van der Waals surface area contributed by atoms with Gasteiger partial charge in [0.05, 0.1) is 12.1 Å². The van der Waals surface area contributed by atoms with Gasteiger partial charge in [-0.05, 0) is 44.0 Å². The number of nitrogens with one attached hydrogen (secondary N) is 2. The van der Waals surface area contributed by atoms with Gasteiger partial charge < -0.3 is 25.2 Å². The van der Waals surface area contributed by atoms with Crippen LogP contribution in [-0.2, 0) is 23.1 Å². The second-order valence-electron chi connectivity index (χ2n) is 7.89. The summed E-state index contributed by atoms with van der Waals surface area (Å²) in [5.74, 6) is 0.0325. The number of hydrogen-bond acceptors (Lipinski definition) is 5. The maximum Gasteiger partial charge on any atom is 0.290 e. The standard InChI is InChI=1S/C20H30N6O2.CH2O2/c1-24-13-16(20(28)25(2)10-8-15-11-22-26(3)12-15)6-7-17(14-24)23-19(27)18-5-4-9-21-18;2-1-3/h4-5,9,11-12,16-17,21H,6-8,10,13-14H2,1-3H3,(H,23,27);1H,(H,2,3)/t16-,17+;/m1./s1. The Balaban J connectivity index is 0.00000107. The molecule has 0 saturated carbocycles. The van der Waals surface area contributed by atoms with Crippen LogP contribution in [0.4, 0.5) is 0 Å². The summed E-state index contributed by atoms with van der Waals surface area (Å²) in [6, 6.07) is 3.61. The Morgan fingerprint density at radius 1 is 1.35 bits per heavy atom. The molecule has 2 amide bonds. The van der Waals surface area contributed by atoms with Crippen molar-refractivity contribution in [1.29, 1.82) is 0 Å². The number of carboxylic acid groups (broad SMARTS) is 1. The van der Waals surface area contributed by atoms with Gasteiger partial charge in [-0.1, -0.05) is 0 Å². The molecule has 31 heavy (non-hydrogen) atoms. The lowest BCUT2D eigenvalue weighted by molar-refractivity contribution is -0.134. The first-order chi connectivity index (χ1) is 14.8. The zero-order chi connectivity index (χ0) is 22.8. The van der Waals surface area contributed by atoms with Crippen molar-refractivity contribution in [2.75, 3.05) is 33.7 Å². The number of aryl methyl sites for hydroxylation is 1. The Labute approximate surface area is 182 Å². The maximum atomic E-state index is 12.9. The fourth-order valence-corrected chi connectivity index (χ4v) is 3.79. The van der Waals surface area contributed by atoms with E-state index in [0.29, 0.717) is 18.8 Å². The molecule has 0 bridgehead atoms. The van der Waals surface area contributed by atoms with Crippen LogP contribution in [0.15, 0.2) is 30.7 Å². The molecule has 3 heterocycles. The second-order valence-corrected chi connectivity index (χ2v) is 7.89. The Bertz CT molecular complexity index is 835. The summed E-state index contributed by atoms with van der Waals surface area (Å²) in [7, 11) is 5.77. The average Bonchev–Trinajstić information content (AvgIpc) is 3.37. The predicted octanol–water partition coefficient (Wildman–Crippen LogP) is 0.590. The van der Waals surface area contributed by atoms with Crippen molar-refractivity contribution in [3.05, 3.63) is 42.0 Å². The number of nitrogens with zero attached hydrogens (tertiary/aromatic N) is 4. The van der Waals surface area contributed by atoms with Crippen molar-refractivity contribution in [1.82, 2.24) is 29.9 Å². The lowest BCUT2D eigenvalue weighted by atomic mass is 10.00. The fourth-order valence-electron chi connectivity index (χ4n) is 3.79. The number of likely N-dealkylation sites (N-methyl/N-ethyl adjacent to an activating group) is 2. The molecule has 170 valence electrons. The number of H-pyrrole nitrogens is 1. The SMILES string of the molecule is CN1C[C@@H](NC(=O)c2ccc[nH]2)CC[C@@H](C(=O)N(C)CCc2cnn(C)c2)C1.O=CO. The lowest BCUT2D eigenvalue weighted by Crippen LogP contribution is -2.42. The van der Waals surface area contributed by atoms with Crippen LogP contribution in [0.3, 0.4) is 0 Å². The van der Waals surface area contributed by atoms with Crippen molar-refractivity contribution in [2.45, 2.75) is 25.3 Å². The highest BCUT2D eigenvalue weighted by molar-refractivity contribution is 5.92. The third kappa shape index (κ3) is 7.56. The van der Waals surface area contributed by atoms with Crippen LogP contribution in [0, 0.1) is 5.92 Å². The first-order valence-electron chi connectivity index (χ1n) is 10.3. The van der Waals surface area contributed by atoms with E-state index in [1.165, 1.54) is 0 Å². The maximum absolute atomic E-state index is 12.9. The summed E-state index contributed by atoms with van der Waals surface area (Å²) >= 11 is 0. The minimum atomic E-state index is -0.250. The third-order valence-electron chi connectivity index (χ3n) is 5.33. The number of amides is 2. The van der Waals surface area contributed by atoms with Gasteiger partial charge in [0.15, 0.2) is 0 Å². The van der Waals surface area contributed by atoms with E-state index >= 15 is 0 Å². The van der Waals surface area contributed by atoms with Gasteiger partial charge in [0.1, 0.15) is 5.69 Å². The summed E-state index contributed by atoms with van der Waals surface area (Å²) in [5.41, 5.74) is 1.70. The van der Waals surface area contributed by atoms with Crippen LogP contribution in [0.1, 0.15) is 28.9 Å². The second kappa shape index (κ2) is 11.9. The number of carbonyl (C=O) groups excluding carboxylic acids is 2. The minimum absolute atomic E-state index is 0.0410. The molecule has 0 radical (unpaired) electrons. The Morgan fingerprint density at radius 2 is 2.10 bits per heavy atom. The molecule has 1 fully saturated rings. The van der Waals surface area contributed by atoms with Crippen molar-refractivity contribution in [3.8, 4) is 0 Å². The molecule has 10 heteroatoms. The van der Waals surface area contributed by atoms with Gasteiger partial charge in [0.2, 0.25) is 5.91 Å². The van der Waals surface area contributed by atoms with E-state index in [-0.39, 0.29) is 30.2 Å². The molecule has 3 N–H and O–H groups in total. The van der Waals surface area contributed by atoms with E-state index in [9.17, 15) is 9.59 Å². The van der Waals surface area contributed by atoms with Crippen molar-refractivity contribution >= 4 is 18.3 Å². The lowest BCUT2D eigenvalue weighted by Gasteiger charge is -2.25. The molecule has 2 atom stereocenters. The molecule has 3 rings (SSSR count). The molecule has 2 aromatic rings. The van der Waals surface area contributed by atoms with E-state index in [1.54, 1.807) is 16.9 Å². The van der Waals surface area contributed by atoms with Crippen LogP contribution >= 0.6 is 0 Å². The number of carbonyl (C=O) groups is 3. The first-order valence-corrected chi connectivity index (χ1v) is 10.3. The smallest absolute Gasteiger partial charge is 0.290 e. The zero-order valence-electron chi connectivity index (χ0n) is 18.3. The molecule has 0 spiro atoms. The van der Waals surface area contributed by atoms with Gasteiger partial charge in [0.25, 0.3) is 12.4 Å². The van der Waals surface area contributed by atoms with E-state index in [4.69, 9.17) is 9.90 Å². The molecule has 1 aliphatic heterocycles. The highest BCUT2D eigenvalue weighted by atomic mass is 16.3. The summed E-state index contributed by atoms with van der Waals surface area (Å²) in [4.78, 5) is 40.5. The molecule has 1 saturated heterocycles. The van der Waals surface area contributed by atoms with Gasteiger partial charge in [-0.25, -0.2) is 0 Å². The Morgan fingerprint density at radius 3 is 2.71 bits per heavy atom. The van der Waals surface area contributed by atoms with Crippen LogP contribution in [0.5, 0.6) is 0 Å². The van der Waals surface area contributed by atoms with Gasteiger partial charge in [-0.3, -0.25) is 19.1 Å². The monoisotopic (exact) mass is 432 g/mol. The van der Waals surface area contributed by atoms with Crippen LogP contribution < -0.4 is 5.32 Å². The van der Waals surface area contributed by atoms with Crippen LogP contribution in [-0.4, -0.2) is 87.7 Å². The molecule has 0 aliphatic carbocycles. The number of aromatic nitrogens is 3. The molecule has 10 nitrogen and oxygen atoms in total. The quantitative estimate of drug-likeness (QED) is 0.574. The van der Waals surface area contributed by atoms with Gasteiger partial charge in [-0.2, -0.15) is 5.10 Å². The topological polar surface area (TPSA) is 124 Å². The molecule has 2 aromatic heterocycles. The largest absolute Gasteiger partial charge is 0.483 e. The number of aromatic amines is 1. The van der Waals surface area contributed by atoms with Crippen LogP contribution in [0.2, 0.25) is 0 Å². The van der Waals surface area contributed by atoms with E-state index in [1.807, 2.05) is 44.5 Å². The summed E-state index contributed by atoms with van der Waals surface area (Å²) in [5, 5.41) is 14.1. The third-order valence-corrected chi connectivity index (χ3v) is 5.33. The first kappa shape index (κ1) is 24.1. The van der Waals surface area contributed by atoms with E-state index in [2.05, 4.69) is 20.3 Å². The molecule has 0 aromatic carbocycles.